The molecule has 0 amide bonds. The third-order valence-corrected chi connectivity index (χ3v) is 7.66. The minimum Gasteiger partial charge on any atom is -0.496 e. The highest BCUT2D eigenvalue weighted by molar-refractivity contribution is 7.90. The van der Waals surface area contributed by atoms with Crippen LogP contribution in [0.3, 0.4) is 0 Å². The molecule has 2 heterocycles. The molecule has 0 bridgehead atoms. The molecule has 5 rings (SSSR count). The fourth-order valence-corrected chi connectivity index (χ4v) is 5.54. The molecule has 3 aromatic rings. The Labute approximate surface area is 183 Å². The van der Waals surface area contributed by atoms with Crippen molar-refractivity contribution in [2.45, 2.75) is 43.2 Å². The van der Waals surface area contributed by atoms with Crippen LogP contribution in [-0.2, 0) is 35.6 Å². The first kappa shape index (κ1) is 20.3. The van der Waals surface area contributed by atoms with Crippen molar-refractivity contribution in [3.8, 4) is 17.1 Å². The zero-order valence-corrected chi connectivity index (χ0v) is 18.7. The number of aromatic amines is 1. The maximum absolute atomic E-state index is 11.9. The molecule has 7 heteroatoms. The number of hydrogen-bond donors (Lipinski definition) is 1. The van der Waals surface area contributed by atoms with Crippen LogP contribution in [0.2, 0.25) is 0 Å². The summed E-state index contributed by atoms with van der Waals surface area (Å²) in [6.07, 6.45) is 5.35. The molecule has 1 N–H and O–H groups in total. The Hall–Kier alpha value is -2.64. The lowest BCUT2D eigenvalue weighted by atomic mass is 9.86. The second kappa shape index (κ2) is 7.80. The Morgan fingerprint density at radius 3 is 2.81 bits per heavy atom. The van der Waals surface area contributed by atoms with Crippen molar-refractivity contribution >= 4 is 9.84 Å². The fraction of sp³-hybridized carbons (Fsp3) is 0.375. The van der Waals surface area contributed by atoms with Gasteiger partial charge in [0.15, 0.2) is 9.84 Å². The lowest BCUT2D eigenvalue weighted by Gasteiger charge is -2.37. The van der Waals surface area contributed by atoms with Gasteiger partial charge in [-0.15, -0.1) is 0 Å². The third-order valence-electron chi connectivity index (χ3n) is 6.55. The van der Waals surface area contributed by atoms with E-state index in [1.165, 1.54) is 17.4 Å². The van der Waals surface area contributed by atoms with Crippen LogP contribution in [0.1, 0.15) is 28.9 Å². The summed E-state index contributed by atoms with van der Waals surface area (Å²) in [5, 5.41) is 0. The maximum atomic E-state index is 11.9. The van der Waals surface area contributed by atoms with Gasteiger partial charge < -0.3 is 9.72 Å². The molecule has 1 aliphatic heterocycles. The van der Waals surface area contributed by atoms with E-state index in [1.54, 1.807) is 25.3 Å². The summed E-state index contributed by atoms with van der Waals surface area (Å²) in [6, 6.07) is 13.8. The second-order valence-corrected chi connectivity index (χ2v) is 10.5. The van der Waals surface area contributed by atoms with Gasteiger partial charge in [-0.25, -0.2) is 13.4 Å². The number of nitrogens with zero attached hydrogens (tertiary/aromatic N) is 2. The molecular weight excluding hydrogens is 410 g/mol. The number of aromatic nitrogens is 2. The van der Waals surface area contributed by atoms with E-state index in [-0.39, 0.29) is 0 Å². The number of aryl methyl sites for hydroxylation is 1. The predicted molar refractivity (Wildman–Crippen MR) is 120 cm³/mol. The first-order valence-corrected chi connectivity index (χ1v) is 12.6. The Morgan fingerprint density at radius 2 is 2.00 bits per heavy atom. The van der Waals surface area contributed by atoms with E-state index < -0.39 is 9.84 Å². The molecule has 0 saturated carbocycles. The maximum Gasteiger partial charge on any atom is 0.175 e. The van der Waals surface area contributed by atoms with E-state index in [0.717, 1.165) is 67.3 Å². The number of imidazole rings is 1. The average molecular weight is 438 g/mol. The number of hydrogen-bond acceptors (Lipinski definition) is 5. The number of sulfone groups is 1. The number of rotatable bonds is 4. The largest absolute Gasteiger partial charge is 0.496 e. The molecule has 2 aromatic carbocycles. The Bertz CT molecular complexity index is 1220. The molecule has 2 aliphatic rings. The molecule has 1 aromatic heterocycles. The van der Waals surface area contributed by atoms with Crippen LogP contribution in [0.4, 0.5) is 0 Å². The monoisotopic (exact) mass is 437 g/mol. The summed E-state index contributed by atoms with van der Waals surface area (Å²) in [7, 11) is -1.50. The van der Waals surface area contributed by atoms with Crippen LogP contribution in [0.5, 0.6) is 5.75 Å². The highest BCUT2D eigenvalue weighted by Crippen LogP contribution is 2.33. The zero-order valence-electron chi connectivity index (χ0n) is 17.9. The molecule has 1 aliphatic carbocycles. The summed E-state index contributed by atoms with van der Waals surface area (Å²) in [4.78, 5) is 11.1. The van der Waals surface area contributed by atoms with E-state index in [4.69, 9.17) is 9.72 Å². The van der Waals surface area contributed by atoms with Crippen molar-refractivity contribution in [1.82, 2.24) is 14.9 Å². The minimum atomic E-state index is -3.25. The highest BCUT2D eigenvalue weighted by Gasteiger charge is 2.30. The zero-order chi connectivity index (χ0) is 21.6. The first-order valence-electron chi connectivity index (χ1n) is 10.7. The highest BCUT2D eigenvalue weighted by atomic mass is 32.2. The summed E-state index contributed by atoms with van der Waals surface area (Å²) < 4.78 is 29.4. The molecule has 162 valence electrons. The average Bonchev–Trinajstić information content (AvgIpc) is 3.21. The number of methoxy groups -OCH3 is 1. The van der Waals surface area contributed by atoms with Gasteiger partial charge in [-0.1, -0.05) is 24.3 Å². The van der Waals surface area contributed by atoms with Crippen LogP contribution in [0.25, 0.3) is 11.4 Å². The van der Waals surface area contributed by atoms with Gasteiger partial charge in [0, 0.05) is 37.4 Å². The van der Waals surface area contributed by atoms with Gasteiger partial charge >= 0.3 is 0 Å². The van der Waals surface area contributed by atoms with Gasteiger partial charge in [0.05, 0.1) is 23.4 Å². The van der Waals surface area contributed by atoms with Gasteiger partial charge in [-0.05, 0) is 48.6 Å². The van der Waals surface area contributed by atoms with Gasteiger partial charge in [0.2, 0.25) is 0 Å². The first-order chi connectivity index (χ1) is 14.9. The number of fused-ring (bicyclic) bond motifs is 2. The van der Waals surface area contributed by atoms with E-state index >= 15 is 0 Å². The molecule has 6 nitrogen and oxygen atoms in total. The Balaban J connectivity index is 1.37. The molecule has 1 unspecified atom stereocenters. The van der Waals surface area contributed by atoms with Crippen LogP contribution >= 0.6 is 0 Å². The van der Waals surface area contributed by atoms with Crippen molar-refractivity contribution in [3.05, 3.63) is 65.0 Å². The van der Waals surface area contributed by atoms with Crippen molar-refractivity contribution in [2.24, 2.45) is 0 Å². The van der Waals surface area contributed by atoms with Gasteiger partial charge in [-0.3, -0.25) is 4.90 Å². The standard InChI is InChI=1S/C24H27N3O3S/c1-30-23-8-4-5-16-9-10-18(14-20(16)23)27-12-11-21-22(15-27)26-24(25-21)17-6-3-7-19(13-17)31(2,28)29/h3-8,13,18H,9-12,14-15H2,1-2H3,(H,25,26). The van der Waals surface area contributed by atoms with E-state index in [0.29, 0.717) is 10.9 Å². The van der Waals surface area contributed by atoms with Crippen LogP contribution in [0, 0.1) is 0 Å². The smallest absolute Gasteiger partial charge is 0.175 e. The SMILES string of the molecule is COc1cccc2c1CC(N1CCc3nc(-c4cccc(S(C)(=O)=O)c4)[nH]c3C1)CC2. The lowest BCUT2D eigenvalue weighted by Crippen LogP contribution is -2.42. The van der Waals surface area contributed by atoms with Crippen molar-refractivity contribution in [3.63, 3.8) is 0 Å². The number of nitrogens with one attached hydrogen (secondary N) is 1. The molecule has 0 radical (unpaired) electrons. The number of H-pyrrole nitrogens is 1. The van der Waals surface area contributed by atoms with Gasteiger partial charge in [0.1, 0.15) is 11.6 Å². The van der Waals surface area contributed by atoms with Crippen molar-refractivity contribution in [1.29, 1.82) is 0 Å². The van der Waals surface area contributed by atoms with E-state index in [1.807, 2.05) is 6.07 Å². The molecule has 31 heavy (non-hydrogen) atoms. The Kier molecular flexibility index (Phi) is 5.10. The van der Waals surface area contributed by atoms with Crippen molar-refractivity contribution < 1.29 is 13.2 Å². The topological polar surface area (TPSA) is 75.3 Å². The second-order valence-electron chi connectivity index (χ2n) is 8.53. The minimum absolute atomic E-state index is 0.316. The van der Waals surface area contributed by atoms with Crippen LogP contribution in [-0.4, -0.2) is 49.2 Å². The Morgan fingerprint density at radius 1 is 1.16 bits per heavy atom. The normalized spacial score (nSPS) is 19.0. The lowest BCUT2D eigenvalue weighted by molar-refractivity contribution is 0.159. The summed E-state index contributed by atoms with van der Waals surface area (Å²) in [6.45, 7) is 1.82. The molecule has 0 spiro atoms. The summed E-state index contributed by atoms with van der Waals surface area (Å²) >= 11 is 0. The molecule has 1 atom stereocenters. The number of ether oxygens (including phenoxy) is 1. The summed E-state index contributed by atoms with van der Waals surface area (Å²) in [5.41, 5.74) is 5.78. The molecule has 0 saturated heterocycles. The molecule has 0 fully saturated rings. The van der Waals surface area contributed by atoms with E-state index in [9.17, 15) is 8.42 Å². The molecular formula is C24H27N3O3S. The quantitative estimate of drug-likeness (QED) is 0.677. The van der Waals surface area contributed by atoms with E-state index in [2.05, 4.69) is 28.1 Å². The fourth-order valence-electron chi connectivity index (χ4n) is 4.88. The van der Waals surface area contributed by atoms with Gasteiger partial charge in [-0.2, -0.15) is 0 Å². The van der Waals surface area contributed by atoms with Gasteiger partial charge in [0.25, 0.3) is 0 Å². The van der Waals surface area contributed by atoms with Crippen LogP contribution in [0.15, 0.2) is 47.4 Å². The number of benzene rings is 2. The van der Waals surface area contributed by atoms with Crippen LogP contribution < -0.4 is 4.74 Å². The van der Waals surface area contributed by atoms with Crippen molar-refractivity contribution in [2.75, 3.05) is 19.9 Å². The predicted octanol–water partition coefficient (Wildman–Crippen LogP) is 3.40. The third kappa shape index (κ3) is 3.88. The summed E-state index contributed by atoms with van der Waals surface area (Å²) in [5.74, 6) is 1.74.